The number of amides is 1. The molecule has 0 fully saturated rings. The van der Waals surface area contributed by atoms with Crippen molar-refractivity contribution in [3.8, 4) is 0 Å². The van der Waals surface area contributed by atoms with Gasteiger partial charge in [-0.05, 0) is 35.4 Å². The molecule has 2 rings (SSSR count). The number of hydrogen-bond donors (Lipinski definition) is 2. The zero-order valence-corrected chi connectivity index (χ0v) is 16.0. The first-order valence-corrected chi connectivity index (χ1v) is 8.62. The van der Waals surface area contributed by atoms with Gasteiger partial charge in [0.05, 0.1) is 5.56 Å². The third-order valence-electron chi connectivity index (χ3n) is 4.00. The molecule has 0 aliphatic rings. The molecule has 0 saturated carbocycles. The van der Waals surface area contributed by atoms with Crippen LogP contribution in [-0.2, 0) is 19.3 Å². The van der Waals surface area contributed by atoms with Crippen molar-refractivity contribution < 1.29 is 18.0 Å². The predicted molar refractivity (Wildman–Crippen MR) is 103 cm³/mol. The van der Waals surface area contributed by atoms with Crippen LogP contribution in [-0.4, -0.2) is 37.9 Å². The molecule has 0 aliphatic heterocycles. The molecule has 0 aliphatic carbocycles. The van der Waals surface area contributed by atoms with E-state index >= 15 is 0 Å². The van der Waals surface area contributed by atoms with Crippen molar-refractivity contribution in [2.24, 2.45) is 4.99 Å². The molecule has 0 bridgehead atoms. The highest BCUT2D eigenvalue weighted by molar-refractivity contribution is 5.93. The van der Waals surface area contributed by atoms with E-state index in [1.54, 1.807) is 39.3 Å². The number of nitrogens with zero attached hydrogens (tertiary/aromatic N) is 2. The molecule has 0 atom stereocenters. The van der Waals surface area contributed by atoms with Gasteiger partial charge in [-0.15, -0.1) is 0 Å². The molecule has 0 saturated heterocycles. The highest BCUT2D eigenvalue weighted by Gasteiger charge is 2.30. The smallest absolute Gasteiger partial charge is 0.352 e. The molecular formula is C20H23F3N4O. The van der Waals surface area contributed by atoms with Crippen molar-refractivity contribution >= 4 is 11.9 Å². The number of carbonyl (C=O) groups excluding carboxylic acids is 1. The van der Waals surface area contributed by atoms with E-state index in [2.05, 4.69) is 15.6 Å². The molecule has 5 nitrogen and oxygen atoms in total. The van der Waals surface area contributed by atoms with Gasteiger partial charge >= 0.3 is 6.18 Å². The number of benzene rings is 2. The number of hydrogen-bond acceptors (Lipinski definition) is 2. The fraction of sp³-hybridized carbons (Fsp3) is 0.300. The largest absolute Gasteiger partial charge is 0.416 e. The fourth-order valence-electron chi connectivity index (χ4n) is 2.47. The van der Waals surface area contributed by atoms with Gasteiger partial charge in [0.1, 0.15) is 0 Å². The molecule has 0 radical (unpaired) electrons. The highest BCUT2D eigenvalue weighted by atomic mass is 19.4. The van der Waals surface area contributed by atoms with Crippen LogP contribution in [0.25, 0.3) is 0 Å². The van der Waals surface area contributed by atoms with Gasteiger partial charge in [-0.1, -0.05) is 24.3 Å². The average Bonchev–Trinajstić information content (AvgIpc) is 2.67. The van der Waals surface area contributed by atoms with E-state index in [9.17, 15) is 18.0 Å². The molecule has 0 unspecified atom stereocenters. The van der Waals surface area contributed by atoms with Crippen LogP contribution in [0.4, 0.5) is 13.2 Å². The Morgan fingerprint density at radius 2 is 1.61 bits per heavy atom. The molecule has 0 heterocycles. The molecule has 2 aromatic carbocycles. The van der Waals surface area contributed by atoms with Crippen molar-refractivity contribution in [2.45, 2.75) is 19.3 Å². The summed E-state index contributed by atoms with van der Waals surface area (Å²) in [5.74, 6) is 0.393. The summed E-state index contributed by atoms with van der Waals surface area (Å²) in [4.78, 5) is 17.5. The van der Waals surface area contributed by atoms with Gasteiger partial charge in [-0.2, -0.15) is 13.2 Å². The quantitative estimate of drug-likeness (QED) is 0.607. The molecule has 2 N–H and O–H groups in total. The number of nitrogens with one attached hydrogen (secondary N) is 2. The summed E-state index contributed by atoms with van der Waals surface area (Å²) >= 11 is 0. The lowest BCUT2D eigenvalue weighted by Crippen LogP contribution is -2.36. The monoisotopic (exact) mass is 392 g/mol. The molecular weight excluding hydrogens is 369 g/mol. The Kier molecular flexibility index (Phi) is 7.03. The van der Waals surface area contributed by atoms with E-state index < -0.39 is 11.7 Å². The summed E-state index contributed by atoms with van der Waals surface area (Å²) in [5.41, 5.74) is 1.37. The number of rotatable bonds is 5. The second-order valence-electron chi connectivity index (χ2n) is 6.37. The standard InChI is InChI=1S/C20H23F3N4O/c1-24-19(26-13-15-5-4-6-17(11-15)20(21,22)23)25-12-14-7-9-16(10-8-14)18(28)27(2)3/h4-11H,12-13H2,1-3H3,(H2,24,25,26). The zero-order valence-electron chi connectivity index (χ0n) is 16.0. The van der Waals surface area contributed by atoms with E-state index in [0.717, 1.165) is 17.7 Å². The first-order valence-electron chi connectivity index (χ1n) is 8.62. The summed E-state index contributed by atoms with van der Waals surface area (Å²) in [6.45, 7) is 0.665. The Balaban J connectivity index is 1.91. The summed E-state index contributed by atoms with van der Waals surface area (Å²) in [7, 11) is 4.97. The Morgan fingerprint density at radius 1 is 1.00 bits per heavy atom. The summed E-state index contributed by atoms with van der Waals surface area (Å²) < 4.78 is 38.4. The molecule has 8 heteroatoms. The number of carbonyl (C=O) groups is 1. The van der Waals surface area contributed by atoms with Crippen LogP contribution in [0.2, 0.25) is 0 Å². The Hall–Kier alpha value is -3.03. The maximum atomic E-state index is 12.8. The lowest BCUT2D eigenvalue weighted by atomic mass is 10.1. The van der Waals surface area contributed by atoms with Crippen LogP contribution in [0.1, 0.15) is 27.0 Å². The SMILES string of the molecule is CN=C(NCc1ccc(C(=O)N(C)C)cc1)NCc1cccc(C(F)(F)F)c1. The molecule has 28 heavy (non-hydrogen) atoms. The second kappa shape index (κ2) is 9.25. The maximum absolute atomic E-state index is 12.8. The van der Waals surface area contributed by atoms with E-state index in [1.807, 2.05) is 12.1 Å². The molecule has 150 valence electrons. The lowest BCUT2D eigenvalue weighted by molar-refractivity contribution is -0.137. The minimum Gasteiger partial charge on any atom is -0.352 e. The van der Waals surface area contributed by atoms with Crippen LogP contribution < -0.4 is 10.6 Å². The molecule has 2 aromatic rings. The number of guanidine groups is 1. The number of alkyl halides is 3. The van der Waals surface area contributed by atoms with Crippen LogP contribution in [0.3, 0.4) is 0 Å². The Morgan fingerprint density at radius 3 is 2.14 bits per heavy atom. The highest BCUT2D eigenvalue weighted by Crippen LogP contribution is 2.29. The van der Waals surface area contributed by atoms with Crippen molar-refractivity contribution in [3.63, 3.8) is 0 Å². The van der Waals surface area contributed by atoms with E-state index in [-0.39, 0.29) is 12.5 Å². The van der Waals surface area contributed by atoms with Crippen LogP contribution >= 0.6 is 0 Å². The van der Waals surface area contributed by atoms with E-state index in [4.69, 9.17) is 0 Å². The van der Waals surface area contributed by atoms with Crippen LogP contribution in [0, 0.1) is 0 Å². The van der Waals surface area contributed by atoms with Crippen molar-refractivity contribution in [1.82, 2.24) is 15.5 Å². The zero-order chi connectivity index (χ0) is 20.7. The minimum absolute atomic E-state index is 0.0712. The normalized spacial score (nSPS) is 11.9. The molecule has 1 amide bonds. The Labute approximate surface area is 162 Å². The summed E-state index contributed by atoms with van der Waals surface area (Å²) in [6.07, 6.45) is -4.37. The molecule has 0 spiro atoms. The predicted octanol–water partition coefficient (Wildman–Crippen LogP) is 3.27. The third kappa shape index (κ3) is 6.00. The van der Waals surface area contributed by atoms with Gasteiger partial charge in [0.15, 0.2) is 5.96 Å². The molecule has 0 aromatic heterocycles. The van der Waals surface area contributed by atoms with E-state index in [0.29, 0.717) is 23.6 Å². The maximum Gasteiger partial charge on any atom is 0.416 e. The first kappa shape index (κ1) is 21.3. The van der Waals surface area contributed by atoms with Crippen molar-refractivity contribution in [3.05, 3.63) is 70.8 Å². The van der Waals surface area contributed by atoms with Crippen LogP contribution in [0.15, 0.2) is 53.5 Å². The van der Waals surface area contributed by atoms with Gasteiger partial charge in [0.2, 0.25) is 0 Å². The third-order valence-corrected chi connectivity index (χ3v) is 4.00. The number of halogens is 3. The van der Waals surface area contributed by atoms with E-state index in [1.165, 1.54) is 11.0 Å². The summed E-state index contributed by atoms with van der Waals surface area (Å²) in [6, 6.07) is 12.3. The van der Waals surface area contributed by atoms with Crippen molar-refractivity contribution in [2.75, 3.05) is 21.1 Å². The number of aliphatic imine (C=N–C) groups is 1. The first-order chi connectivity index (χ1) is 13.2. The topological polar surface area (TPSA) is 56.7 Å². The average molecular weight is 392 g/mol. The van der Waals surface area contributed by atoms with Gasteiger partial charge in [0.25, 0.3) is 5.91 Å². The van der Waals surface area contributed by atoms with Crippen molar-refractivity contribution in [1.29, 1.82) is 0 Å². The lowest BCUT2D eigenvalue weighted by Gasteiger charge is -2.14. The van der Waals surface area contributed by atoms with Gasteiger partial charge in [-0.3, -0.25) is 9.79 Å². The van der Waals surface area contributed by atoms with Gasteiger partial charge < -0.3 is 15.5 Å². The Bertz CT molecular complexity index is 830. The fourth-order valence-corrected chi connectivity index (χ4v) is 2.47. The second-order valence-corrected chi connectivity index (χ2v) is 6.37. The summed E-state index contributed by atoms with van der Waals surface area (Å²) in [5, 5.41) is 6.08. The van der Waals surface area contributed by atoms with Gasteiger partial charge in [-0.25, -0.2) is 0 Å². The minimum atomic E-state index is -4.37. The van der Waals surface area contributed by atoms with Gasteiger partial charge in [0, 0.05) is 39.8 Å². The van der Waals surface area contributed by atoms with Crippen LogP contribution in [0.5, 0.6) is 0 Å².